The molecule has 0 saturated carbocycles. The summed E-state index contributed by atoms with van der Waals surface area (Å²) in [6.07, 6.45) is 3.39. The van der Waals surface area contributed by atoms with Crippen molar-refractivity contribution in [1.29, 1.82) is 0 Å². The van der Waals surface area contributed by atoms with Gasteiger partial charge >= 0.3 is 0 Å². The molecule has 0 aliphatic carbocycles. The van der Waals surface area contributed by atoms with Gasteiger partial charge < -0.3 is 9.80 Å². The Morgan fingerprint density at radius 2 is 2.04 bits per heavy atom. The monoisotopic (exact) mass is 367 g/mol. The molecule has 1 amide bonds. The van der Waals surface area contributed by atoms with E-state index >= 15 is 0 Å². The van der Waals surface area contributed by atoms with Crippen LogP contribution in [0.2, 0.25) is 0 Å². The maximum Gasteiger partial charge on any atom is 0.240 e. The first-order chi connectivity index (χ1) is 11.9. The van der Waals surface area contributed by atoms with E-state index in [4.69, 9.17) is 0 Å². The van der Waals surface area contributed by atoms with Crippen molar-refractivity contribution < 1.29 is 13.2 Å². The average molecular weight is 368 g/mol. The SMILES string of the molecule is CCCCN(C)CCNS(=O)(=O)c1ccc2c(c1)CCN2C(=O)CC. The molecule has 25 heavy (non-hydrogen) atoms. The Balaban J connectivity index is 2.00. The van der Waals surface area contributed by atoms with E-state index in [2.05, 4.69) is 16.5 Å². The molecule has 0 bridgehead atoms. The van der Waals surface area contributed by atoms with Gasteiger partial charge in [-0.05, 0) is 50.2 Å². The first-order valence-electron chi connectivity index (χ1n) is 9.00. The fourth-order valence-electron chi connectivity index (χ4n) is 2.99. The normalized spacial score (nSPS) is 14.2. The van der Waals surface area contributed by atoms with E-state index in [9.17, 15) is 13.2 Å². The summed E-state index contributed by atoms with van der Waals surface area (Å²) in [5.74, 6) is 0.0719. The minimum Gasteiger partial charge on any atom is -0.312 e. The molecule has 1 aliphatic heterocycles. The summed E-state index contributed by atoms with van der Waals surface area (Å²) >= 11 is 0. The third-order valence-electron chi connectivity index (χ3n) is 4.54. The lowest BCUT2D eigenvalue weighted by atomic mass is 10.2. The molecule has 7 heteroatoms. The van der Waals surface area contributed by atoms with E-state index in [1.807, 2.05) is 14.0 Å². The molecular formula is C18H29N3O3S. The summed E-state index contributed by atoms with van der Waals surface area (Å²) in [7, 11) is -1.52. The van der Waals surface area contributed by atoms with Crippen LogP contribution in [0.4, 0.5) is 5.69 Å². The number of likely N-dealkylation sites (N-methyl/N-ethyl adjacent to an activating group) is 1. The number of unbranched alkanes of at least 4 members (excludes halogenated alkanes) is 1. The number of anilines is 1. The zero-order chi connectivity index (χ0) is 18.4. The van der Waals surface area contributed by atoms with Crippen LogP contribution < -0.4 is 9.62 Å². The minimum atomic E-state index is -3.52. The zero-order valence-electron chi connectivity index (χ0n) is 15.4. The predicted octanol–water partition coefficient (Wildman–Crippen LogP) is 2.00. The van der Waals surface area contributed by atoms with E-state index in [1.165, 1.54) is 0 Å². The van der Waals surface area contributed by atoms with Gasteiger partial charge in [0.15, 0.2) is 0 Å². The lowest BCUT2D eigenvalue weighted by Crippen LogP contribution is -2.33. The molecule has 2 rings (SSSR count). The van der Waals surface area contributed by atoms with Crippen molar-refractivity contribution in [2.45, 2.75) is 44.4 Å². The van der Waals surface area contributed by atoms with Gasteiger partial charge in [0, 0.05) is 31.7 Å². The van der Waals surface area contributed by atoms with Gasteiger partial charge in [0.25, 0.3) is 0 Å². The van der Waals surface area contributed by atoms with Crippen molar-refractivity contribution >= 4 is 21.6 Å². The number of rotatable bonds is 9. The van der Waals surface area contributed by atoms with E-state index in [-0.39, 0.29) is 10.8 Å². The van der Waals surface area contributed by atoms with Crippen molar-refractivity contribution in [1.82, 2.24) is 9.62 Å². The van der Waals surface area contributed by atoms with Gasteiger partial charge in [0.05, 0.1) is 4.90 Å². The number of nitrogens with zero attached hydrogens (tertiary/aromatic N) is 2. The topological polar surface area (TPSA) is 69.7 Å². The summed E-state index contributed by atoms with van der Waals surface area (Å²) in [5, 5.41) is 0. The summed E-state index contributed by atoms with van der Waals surface area (Å²) < 4.78 is 27.6. The minimum absolute atomic E-state index is 0.0719. The Labute approximate surface area is 151 Å². The zero-order valence-corrected chi connectivity index (χ0v) is 16.2. The number of benzene rings is 1. The third kappa shape index (κ3) is 5.03. The third-order valence-corrected chi connectivity index (χ3v) is 6.00. The largest absolute Gasteiger partial charge is 0.312 e. The van der Waals surface area contributed by atoms with Gasteiger partial charge in [-0.3, -0.25) is 4.79 Å². The maximum absolute atomic E-state index is 12.5. The predicted molar refractivity (Wildman–Crippen MR) is 100 cm³/mol. The van der Waals surface area contributed by atoms with Crippen molar-refractivity contribution in [2.24, 2.45) is 0 Å². The molecule has 0 fully saturated rings. The Morgan fingerprint density at radius 1 is 1.28 bits per heavy atom. The number of amides is 1. The smallest absolute Gasteiger partial charge is 0.240 e. The van der Waals surface area contributed by atoms with Crippen molar-refractivity contribution in [3.8, 4) is 0 Å². The highest BCUT2D eigenvalue weighted by atomic mass is 32.2. The molecule has 0 aromatic heterocycles. The van der Waals surface area contributed by atoms with E-state index in [1.54, 1.807) is 23.1 Å². The molecule has 1 N–H and O–H groups in total. The number of fused-ring (bicyclic) bond motifs is 1. The summed E-state index contributed by atoms with van der Waals surface area (Å²) in [6.45, 7) is 6.64. The molecule has 1 heterocycles. The number of carbonyl (C=O) groups is 1. The fraction of sp³-hybridized carbons (Fsp3) is 0.611. The number of sulfonamides is 1. The molecular weight excluding hydrogens is 338 g/mol. The van der Waals surface area contributed by atoms with Crippen LogP contribution in [0.5, 0.6) is 0 Å². The Morgan fingerprint density at radius 3 is 2.72 bits per heavy atom. The molecule has 6 nitrogen and oxygen atoms in total. The first-order valence-corrected chi connectivity index (χ1v) is 10.5. The molecule has 1 aromatic carbocycles. The molecule has 0 spiro atoms. The highest BCUT2D eigenvalue weighted by molar-refractivity contribution is 7.89. The molecule has 0 radical (unpaired) electrons. The highest BCUT2D eigenvalue weighted by Gasteiger charge is 2.25. The quantitative estimate of drug-likeness (QED) is 0.725. The van der Waals surface area contributed by atoms with Crippen LogP contribution in [0.1, 0.15) is 38.7 Å². The van der Waals surface area contributed by atoms with Crippen molar-refractivity contribution in [2.75, 3.05) is 38.1 Å². The van der Waals surface area contributed by atoms with Crippen LogP contribution in [0.15, 0.2) is 23.1 Å². The lowest BCUT2D eigenvalue weighted by Gasteiger charge is -2.17. The van der Waals surface area contributed by atoms with Crippen LogP contribution in [0.3, 0.4) is 0 Å². The second kappa shape index (κ2) is 8.78. The Bertz CT molecular complexity index is 704. The Kier molecular flexibility index (Phi) is 6.98. The molecule has 0 unspecified atom stereocenters. The van der Waals surface area contributed by atoms with Gasteiger partial charge in [-0.1, -0.05) is 20.3 Å². The maximum atomic E-state index is 12.5. The number of hydrogen-bond donors (Lipinski definition) is 1. The van der Waals surface area contributed by atoms with Gasteiger partial charge in [-0.2, -0.15) is 0 Å². The number of hydrogen-bond acceptors (Lipinski definition) is 4. The molecule has 1 aliphatic rings. The first kappa shape index (κ1) is 19.9. The lowest BCUT2D eigenvalue weighted by molar-refractivity contribution is -0.118. The van der Waals surface area contributed by atoms with Gasteiger partial charge in [0.2, 0.25) is 15.9 Å². The van der Waals surface area contributed by atoms with Gasteiger partial charge in [0.1, 0.15) is 0 Å². The summed E-state index contributed by atoms with van der Waals surface area (Å²) in [5.41, 5.74) is 1.76. The Hall–Kier alpha value is -1.44. The second-order valence-corrected chi connectivity index (χ2v) is 8.26. The highest BCUT2D eigenvalue weighted by Crippen LogP contribution is 2.30. The molecule has 1 aromatic rings. The van der Waals surface area contributed by atoms with E-state index in [0.717, 1.165) is 30.6 Å². The standard InChI is InChI=1S/C18H29N3O3S/c1-4-6-11-20(3)13-10-19-25(23,24)16-7-8-17-15(14-16)9-12-21(17)18(22)5-2/h7-8,14,19H,4-6,9-13H2,1-3H3. The average Bonchev–Trinajstić information content (AvgIpc) is 3.02. The second-order valence-electron chi connectivity index (χ2n) is 6.49. The fourth-order valence-corrected chi connectivity index (χ4v) is 4.06. The molecule has 140 valence electrons. The number of carbonyl (C=O) groups excluding carboxylic acids is 1. The summed E-state index contributed by atoms with van der Waals surface area (Å²) in [4.78, 5) is 16.1. The van der Waals surface area contributed by atoms with Crippen LogP contribution in [0.25, 0.3) is 0 Å². The van der Waals surface area contributed by atoms with Crippen LogP contribution in [-0.2, 0) is 21.2 Å². The van der Waals surface area contributed by atoms with Gasteiger partial charge in [-0.15, -0.1) is 0 Å². The van der Waals surface area contributed by atoms with Crippen LogP contribution in [0, 0.1) is 0 Å². The van der Waals surface area contributed by atoms with Crippen molar-refractivity contribution in [3.05, 3.63) is 23.8 Å². The van der Waals surface area contributed by atoms with Gasteiger partial charge in [-0.25, -0.2) is 13.1 Å². The van der Waals surface area contributed by atoms with Crippen LogP contribution >= 0.6 is 0 Å². The molecule has 0 saturated heterocycles. The van der Waals surface area contributed by atoms with E-state index < -0.39 is 10.0 Å². The van der Waals surface area contributed by atoms with Crippen LogP contribution in [-0.4, -0.2) is 52.5 Å². The summed E-state index contributed by atoms with van der Waals surface area (Å²) in [6, 6.07) is 5.03. The van der Waals surface area contributed by atoms with Crippen molar-refractivity contribution in [3.63, 3.8) is 0 Å². The number of nitrogens with one attached hydrogen (secondary N) is 1. The molecule has 0 atom stereocenters. The van der Waals surface area contributed by atoms with E-state index in [0.29, 0.717) is 32.5 Å².